The van der Waals surface area contributed by atoms with Gasteiger partial charge in [0, 0.05) is 17.4 Å². The van der Waals surface area contributed by atoms with E-state index in [1.54, 1.807) is 12.1 Å². The van der Waals surface area contributed by atoms with Gasteiger partial charge in [0.05, 0.1) is 27.7 Å². The standard InChI is InChI=1S/C11H7BrCl2N2O/c12-7-1-2-8(11(14)10(7)13)16-5-6(4-15)3-9(16)17/h1-2,6H,3,5H2. The molecule has 17 heavy (non-hydrogen) atoms. The Labute approximate surface area is 117 Å². The lowest BCUT2D eigenvalue weighted by molar-refractivity contribution is -0.117. The Kier molecular flexibility index (Phi) is 3.62. The predicted octanol–water partition coefficient (Wildman–Crippen LogP) is 3.63. The molecular formula is C11H7BrCl2N2O. The molecule has 6 heteroatoms. The van der Waals surface area contributed by atoms with Crippen molar-refractivity contribution in [1.82, 2.24) is 0 Å². The molecular weight excluding hydrogens is 327 g/mol. The highest BCUT2D eigenvalue weighted by atomic mass is 79.9. The number of anilines is 1. The molecule has 1 atom stereocenters. The van der Waals surface area contributed by atoms with Gasteiger partial charge >= 0.3 is 0 Å². The molecule has 0 aromatic heterocycles. The fourth-order valence-electron chi connectivity index (χ4n) is 1.75. The Hall–Kier alpha value is -0.760. The van der Waals surface area contributed by atoms with Crippen LogP contribution in [0.25, 0.3) is 0 Å². The van der Waals surface area contributed by atoms with Crippen LogP contribution in [-0.4, -0.2) is 12.5 Å². The molecule has 1 unspecified atom stereocenters. The molecule has 0 spiro atoms. The van der Waals surface area contributed by atoms with E-state index in [2.05, 4.69) is 22.0 Å². The lowest BCUT2D eigenvalue weighted by Gasteiger charge is -2.18. The second-order valence-electron chi connectivity index (χ2n) is 3.73. The van der Waals surface area contributed by atoms with Crippen LogP contribution in [0.4, 0.5) is 5.69 Å². The first-order chi connectivity index (χ1) is 8.04. The van der Waals surface area contributed by atoms with Crippen LogP contribution >= 0.6 is 39.1 Å². The number of carbonyl (C=O) groups excluding carboxylic acids is 1. The summed E-state index contributed by atoms with van der Waals surface area (Å²) in [4.78, 5) is 13.3. The molecule has 0 radical (unpaired) electrons. The van der Waals surface area contributed by atoms with E-state index in [1.165, 1.54) is 4.90 Å². The van der Waals surface area contributed by atoms with Crippen molar-refractivity contribution in [2.45, 2.75) is 6.42 Å². The van der Waals surface area contributed by atoms with E-state index < -0.39 is 0 Å². The van der Waals surface area contributed by atoms with E-state index >= 15 is 0 Å². The molecule has 1 saturated heterocycles. The normalized spacial score (nSPS) is 19.5. The molecule has 2 rings (SSSR count). The molecule has 1 aliphatic heterocycles. The number of rotatable bonds is 1. The molecule has 1 aromatic carbocycles. The maximum absolute atomic E-state index is 11.8. The maximum Gasteiger partial charge on any atom is 0.228 e. The van der Waals surface area contributed by atoms with Crippen molar-refractivity contribution in [3.63, 3.8) is 0 Å². The van der Waals surface area contributed by atoms with Gasteiger partial charge in [0.15, 0.2) is 0 Å². The fourth-order valence-corrected chi connectivity index (χ4v) is 2.62. The van der Waals surface area contributed by atoms with Gasteiger partial charge in [-0.1, -0.05) is 23.2 Å². The zero-order valence-electron chi connectivity index (χ0n) is 8.58. The monoisotopic (exact) mass is 332 g/mol. The van der Waals surface area contributed by atoms with Gasteiger partial charge in [-0.25, -0.2) is 0 Å². The zero-order valence-corrected chi connectivity index (χ0v) is 11.7. The molecule has 1 fully saturated rings. The first-order valence-electron chi connectivity index (χ1n) is 4.88. The average molecular weight is 334 g/mol. The minimum absolute atomic E-state index is 0.100. The van der Waals surface area contributed by atoms with E-state index in [-0.39, 0.29) is 18.2 Å². The number of nitriles is 1. The summed E-state index contributed by atoms with van der Waals surface area (Å²) in [5.74, 6) is -0.377. The Morgan fingerprint density at radius 2 is 2.12 bits per heavy atom. The first-order valence-corrected chi connectivity index (χ1v) is 6.43. The lowest BCUT2D eigenvalue weighted by Crippen LogP contribution is -2.24. The topological polar surface area (TPSA) is 44.1 Å². The van der Waals surface area contributed by atoms with E-state index in [0.717, 1.165) is 0 Å². The van der Waals surface area contributed by atoms with Crippen LogP contribution in [-0.2, 0) is 4.79 Å². The maximum atomic E-state index is 11.8. The lowest BCUT2D eigenvalue weighted by atomic mass is 10.1. The largest absolute Gasteiger partial charge is 0.310 e. The van der Waals surface area contributed by atoms with E-state index in [9.17, 15) is 4.79 Å². The van der Waals surface area contributed by atoms with Gasteiger partial charge in [-0.05, 0) is 28.1 Å². The third-order valence-corrected chi connectivity index (χ3v) is 4.37. The SMILES string of the molecule is N#CC1CC(=O)N(c2ccc(Br)c(Cl)c2Cl)C1. The summed E-state index contributed by atoms with van der Waals surface area (Å²) in [5, 5.41) is 9.52. The fraction of sp³-hybridized carbons (Fsp3) is 0.273. The number of hydrogen-bond donors (Lipinski definition) is 0. The molecule has 0 N–H and O–H groups in total. The third-order valence-electron chi connectivity index (χ3n) is 2.61. The average Bonchev–Trinajstić information content (AvgIpc) is 2.68. The minimum Gasteiger partial charge on any atom is -0.310 e. The van der Waals surface area contributed by atoms with Crippen molar-refractivity contribution >= 4 is 50.7 Å². The Morgan fingerprint density at radius 1 is 1.41 bits per heavy atom. The Balaban J connectivity index is 2.40. The van der Waals surface area contributed by atoms with Gasteiger partial charge in [0.25, 0.3) is 0 Å². The quantitative estimate of drug-likeness (QED) is 0.736. The van der Waals surface area contributed by atoms with Crippen LogP contribution in [0.3, 0.4) is 0 Å². The minimum atomic E-state index is -0.277. The van der Waals surface area contributed by atoms with Crippen LogP contribution in [0.1, 0.15) is 6.42 Å². The van der Waals surface area contributed by atoms with Crippen LogP contribution in [0.15, 0.2) is 16.6 Å². The molecule has 88 valence electrons. The number of carbonyl (C=O) groups is 1. The Morgan fingerprint density at radius 3 is 2.71 bits per heavy atom. The summed E-state index contributed by atoms with van der Waals surface area (Å²) in [7, 11) is 0. The molecule has 0 bridgehead atoms. The smallest absolute Gasteiger partial charge is 0.228 e. The number of hydrogen-bond acceptors (Lipinski definition) is 2. The molecule has 0 saturated carbocycles. The molecule has 1 heterocycles. The van der Waals surface area contributed by atoms with Crippen LogP contribution in [0.2, 0.25) is 10.0 Å². The second-order valence-corrected chi connectivity index (χ2v) is 5.34. The predicted molar refractivity (Wildman–Crippen MR) is 70.2 cm³/mol. The number of benzene rings is 1. The van der Waals surface area contributed by atoms with Crippen molar-refractivity contribution in [3.8, 4) is 6.07 Å². The van der Waals surface area contributed by atoms with Gasteiger partial charge in [0.1, 0.15) is 0 Å². The molecule has 3 nitrogen and oxygen atoms in total. The van der Waals surface area contributed by atoms with Crippen molar-refractivity contribution < 1.29 is 4.79 Å². The number of amides is 1. The summed E-state index contributed by atoms with van der Waals surface area (Å²) >= 11 is 15.4. The van der Waals surface area contributed by atoms with E-state index in [1.807, 2.05) is 0 Å². The van der Waals surface area contributed by atoms with Gasteiger partial charge in [-0.3, -0.25) is 4.79 Å². The van der Waals surface area contributed by atoms with Gasteiger partial charge < -0.3 is 4.90 Å². The zero-order chi connectivity index (χ0) is 12.6. The highest BCUT2D eigenvalue weighted by Crippen LogP contribution is 2.39. The van der Waals surface area contributed by atoms with Crippen LogP contribution in [0, 0.1) is 17.2 Å². The molecule has 0 aliphatic carbocycles. The second kappa shape index (κ2) is 4.85. The molecule has 1 amide bonds. The summed E-state index contributed by atoms with van der Waals surface area (Å²) in [5.41, 5.74) is 0.558. The van der Waals surface area contributed by atoms with E-state index in [0.29, 0.717) is 26.8 Å². The van der Waals surface area contributed by atoms with Gasteiger partial charge in [-0.15, -0.1) is 0 Å². The first kappa shape index (κ1) is 12.7. The highest BCUT2D eigenvalue weighted by molar-refractivity contribution is 9.10. The van der Waals surface area contributed by atoms with Crippen molar-refractivity contribution in [2.24, 2.45) is 5.92 Å². The summed E-state index contributed by atoms with van der Waals surface area (Å²) in [6, 6.07) is 5.54. The summed E-state index contributed by atoms with van der Waals surface area (Å²) in [6.45, 7) is 0.368. The van der Waals surface area contributed by atoms with Crippen LogP contribution < -0.4 is 4.90 Å². The van der Waals surface area contributed by atoms with Gasteiger partial charge in [0.2, 0.25) is 5.91 Å². The van der Waals surface area contributed by atoms with E-state index in [4.69, 9.17) is 28.5 Å². The van der Waals surface area contributed by atoms with Gasteiger partial charge in [-0.2, -0.15) is 5.26 Å². The van der Waals surface area contributed by atoms with Crippen molar-refractivity contribution in [2.75, 3.05) is 11.4 Å². The molecule has 1 aromatic rings. The summed E-state index contributed by atoms with van der Waals surface area (Å²) in [6.07, 6.45) is 0.237. The number of nitrogens with zero attached hydrogens (tertiary/aromatic N) is 2. The summed E-state index contributed by atoms with van der Waals surface area (Å²) < 4.78 is 0.677. The highest BCUT2D eigenvalue weighted by Gasteiger charge is 2.32. The third kappa shape index (κ3) is 2.28. The van der Waals surface area contributed by atoms with Crippen molar-refractivity contribution in [3.05, 3.63) is 26.7 Å². The Bertz CT molecular complexity index is 527. The van der Waals surface area contributed by atoms with Crippen LogP contribution in [0.5, 0.6) is 0 Å². The number of halogens is 3. The van der Waals surface area contributed by atoms with Crippen molar-refractivity contribution in [1.29, 1.82) is 5.26 Å². The molecule has 1 aliphatic rings.